The van der Waals surface area contributed by atoms with Crippen molar-refractivity contribution in [3.63, 3.8) is 0 Å². The van der Waals surface area contributed by atoms with E-state index in [1.807, 2.05) is 59.1 Å². The standard InChI is InChI=1S/C67H39N7S2/c1-4-18-40(19-5-1)52-39-53(69-66(68-52)73-54-31-13-10-27-50(54)59-56(73)36-34-48-46-26-12-15-33-58(46)75-62(48)59)44-25-16-24-43(38-44)45-29-17-30-47-49-35-37-57-60(63(49)76-61(45)47)51-28-11-14-32-55(51)74(57)67-71-64(41-20-6-2-7-21-41)70-65(72-67)42-22-8-3-9-23-42/h1-39H. The zero-order chi connectivity index (χ0) is 49.8. The summed E-state index contributed by atoms with van der Waals surface area (Å²) >= 11 is 3.70. The second-order valence-electron chi connectivity index (χ2n) is 19.2. The SMILES string of the molecule is c1ccc(-c2cc(-c3cccc(-c4cccc5c4sc4c5ccc5c4c4ccccc4n5-c4nc(-c5ccccc5)nc(-c5ccccc5)n4)c3)nc(-n3c4ccccc4c4c5sc6ccccc6c5ccc43)n2)cc1. The van der Waals surface area contributed by atoms with Gasteiger partial charge in [-0.3, -0.25) is 9.13 Å². The van der Waals surface area contributed by atoms with Crippen LogP contribution >= 0.6 is 22.7 Å². The van der Waals surface area contributed by atoms with E-state index in [1.165, 1.54) is 62.1 Å². The highest BCUT2D eigenvalue weighted by Crippen LogP contribution is 2.47. The molecule has 0 bridgehead atoms. The minimum atomic E-state index is 0.576. The average Bonchev–Trinajstić information content (AvgIpc) is 4.33. The summed E-state index contributed by atoms with van der Waals surface area (Å²) < 4.78 is 9.48. The Bertz CT molecular complexity index is 4940. The molecule has 16 aromatic rings. The molecule has 0 amide bonds. The van der Waals surface area contributed by atoms with Crippen LogP contribution in [0.2, 0.25) is 0 Å². The Labute approximate surface area is 443 Å². The minimum absolute atomic E-state index is 0.576. The third kappa shape index (κ3) is 6.63. The molecule has 6 aromatic heterocycles. The molecule has 354 valence electrons. The van der Waals surface area contributed by atoms with E-state index in [-0.39, 0.29) is 0 Å². The first-order valence-corrected chi connectivity index (χ1v) is 27.0. The maximum absolute atomic E-state index is 5.50. The van der Waals surface area contributed by atoms with Gasteiger partial charge in [0.1, 0.15) is 0 Å². The van der Waals surface area contributed by atoms with Crippen LogP contribution in [0.5, 0.6) is 0 Å². The van der Waals surface area contributed by atoms with Gasteiger partial charge in [-0.1, -0.05) is 194 Å². The molecule has 0 N–H and O–H groups in total. The van der Waals surface area contributed by atoms with Crippen LogP contribution in [-0.2, 0) is 0 Å². The number of nitrogens with zero attached hydrogens (tertiary/aromatic N) is 7. The molecule has 0 aliphatic heterocycles. The number of hydrogen-bond donors (Lipinski definition) is 0. The van der Waals surface area contributed by atoms with E-state index < -0.39 is 0 Å². The first kappa shape index (κ1) is 42.8. The van der Waals surface area contributed by atoms with Gasteiger partial charge in [0.15, 0.2) is 11.6 Å². The number of thiophene rings is 2. The lowest BCUT2D eigenvalue weighted by atomic mass is 9.99. The number of para-hydroxylation sites is 2. The van der Waals surface area contributed by atoms with Crippen molar-refractivity contribution in [1.29, 1.82) is 0 Å². The fraction of sp³-hybridized carbons (Fsp3) is 0. The van der Waals surface area contributed by atoms with E-state index in [0.717, 1.165) is 66.7 Å². The van der Waals surface area contributed by atoms with E-state index in [0.29, 0.717) is 23.5 Å². The van der Waals surface area contributed by atoms with Crippen LogP contribution in [0.25, 0.3) is 152 Å². The van der Waals surface area contributed by atoms with E-state index in [1.54, 1.807) is 0 Å². The molecule has 0 aliphatic rings. The summed E-state index contributed by atoms with van der Waals surface area (Å²) in [5, 5.41) is 9.72. The minimum Gasteiger partial charge on any atom is -0.278 e. The highest BCUT2D eigenvalue weighted by Gasteiger charge is 2.24. The predicted molar refractivity (Wildman–Crippen MR) is 317 cm³/mol. The smallest absolute Gasteiger partial charge is 0.238 e. The lowest BCUT2D eigenvalue weighted by Gasteiger charge is -2.12. The van der Waals surface area contributed by atoms with Crippen LogP contribution in [0.3, 0.4) is 0 Å². The Balaban J connectivity index is 0.870. The fourth-order valence-electron chi connectivity index (χ4n) is 11.4. The van der Waals surface area contributed by atoms with Gasteiger partial charge < -0.3 is 0 Å². The molecule has 0 aliphatic carbocycles. The van der Waals surface area contributed by atoms with Crippen LogP contribution in [0, 0.1) is 0 Å². The van der Waals surface area contributed by atoms with Crippen molar-refractivity contribution in [2.75, 3.05) is 0 Å². The van der Waals surface area contributed by atoms with Crippen LogP contribution in [0.4, 0.5) is 0 Å². The molecular formula is C67H39N7S2. The van der Waals surface area contributed by atoms with Gasteiger partial charge in [-0.15, -0.1) is 22.7 Å². The van der Waals surface area contributed by atoms with Crippen LogP contribution < -0.4 is 0 Å². The lowest BCUT2D eigenvalue weighted by molar-refractivity contribution is 0.953. The third-order valence-corrected chi connectivity index (χ3v) is 17.3. The van der Waals surface area contributed by atoms with E-state index >= 15 is 0 Å². The zero-order valence-electron chi connectivity index (χ0n) is 40.5. The predicted octanol–water partition coefficient (Wildman–Crippen LogP) is 17.9. The van der Waals surface area contributed by atoms with Crippen molar-refractivity contribution in [1.82, 2.24) is 34.1 Å². The summed E-state index contributed by atoms with van der Waals surface area (Å²) in [5.74, 6) is 2.46. The number of aromatic nitrogens is 7. The number of rotatable bonds is 7. The quantitative estimate of drug-likeness (QED) is 0.159. The molecule has 16 rings (SSSR count). The molecular weight excluding hydrogens is 967 g/mol. The first-order valence-electron chi connectivity index (χ1n) is 25.3. The summed E-state index contributed by atoms with van der Waals surface area (Å²) in [5.41, 5.74) is 12.1. The van der Waals surface area contributed by atoms with Crippen LogP contribution in [0.1, 0.15) is 0 Å². The molecule has 9 heteroatoms. The van der Waals surface area contributed by atoms with Crippen molar-refractivity contribution in [2.45, 2.75) is 0 Å². The Hall–Kier alpha value is -9.67. The van der Waals surface area contributed by atoms with Gasteiger partial charge in [-0.05, 0) is 53.6 Å². The second kappa shape index (κ2) is 16.9. The normalized spacial score (nSPS) is 11.9. The molecule has 7 nitrogen and oxygen atoms in total. The van der Waals surface area contributed by atoms with Gasteiger partial charge in [-0.2, -0.15) is 9.97 Å². The maximum atomic E-state index is 5.50. The number of benzene rings is 10. The summed E-state index contributed by atoms with van der Waals surface area (Å²) in [6.45, 7) is 0. The molecule has 10 aromatic carbocycles. The summed E-state index contributed by atoms with van der Waals surface area (Å²) in [6.07, 6.45) is 0. The molecule has 0 spiro atoms. The molecule has 76 heavy (non-hydrogen) atoms. The van der Waals surface area contributed by atoms with E-state index in [9.17, 15) is 0 Å². The average molecular weight is 1010 g/mol. The largest absolute Gasteiger partial charge is 0.278 e. The van der Waals surface area contributed by atoms with Crippen LogP contribution in [0.15, 0.2) is 237 Å². The van der Waals surface area contributed by atoms with Gasteiger partial charge in [0.25, 0.3) is 0 Å². The lowest BCUT2D eigenvalue weighted by Crippen LogP contribution is -2.06. The Kier molecular flexibility index (Phi) is 9.54. The molecule has 0 saturated heterocycles. The van der Waals surface area contributed by atoms with E-state index in [2.05, 4.69) is 209 Å². The molecule has 0 unspecified atom stereocenters. The molecule has 0 saturated carbocycles. The first-order chi connectivity index (χ1) is 37.7. The molecule has 0 radical (unpaired) electrons. The van der Waals surface area contributed by atoms with Crippen LogP contribution in [-0.4, -0.2) is 34.1 Å². The van der Waals surface area contributed by atoms with Gasteiger partial charge in [0, 0.05) is 84.1 Å². The number of fused-ring (bicyclic) bond motifs is 14. The van der Waals surface area contributed by atoms with Crippen molar-refractivity contribution in [2.24, 2.45) is 0 Å². The fourth-order valence-corrected chi connectivity index (χ4v) is 14.0. The summed E-state index contributed by atoms with van der Waals surface area (Å²) in [7, 11) is 0. The van der Waals surface area contributed by atoms with Crippen molar-refractivity contribution in [3.05, 3.63) is 237 Å². The van der Waals surface area contributed by atoms with Crippen molar-refractivity contribution in [3.8, 4) is 68.3 Å². The van der Waals surface area contributed by atoms with E-state index in [4.69, 9.17) is 24.9 Å². The number of hydrogen-bond acceptors (Lipinski definition) is 7. The molecule has 0 fully saturated rings. The van der Waals surface area contributed by atoms with Gasteiger partial charge >= 0.3 is 0 Å². The second-order valence-corrected chi connectivity index (χ2v) is 21.2. The van der Waals surface area contributed by atoms with Crippen molar-refractivity contribution >= 4 is 107 Å². The summed E-state index contributed by atoms with van der Waals surface area (Å²) in [4.78, 5) is 26.3. The molecule has 6 heterocycles. The highest BCUT2D eigenvalue weighted by molar-refractivity contribution is 7.27. The Morgan fingerprint density at radius 3 is 1.38 bits per heavy atom. The summed E-state index contributed by atoms with van der Waals surface area (Å²) in [6, 6.07) is 83.5. The topological polar surface area (TPSA) is 74.3 Å². The Morgan fingerprint density at radius 1 is 0.276 bits per heavy atom. The van der Waals surface area contributed by atoms with Gasteiger partial charge in [0.2, 0.25) is 11.9 Å². The molecule has 0 atom stereocenters. The maximum Gasteiger partial charge on any atom is 0.238 e. The highest BCUT2D eigenvalue weighted by atomic mass is 32.1. The van der Waals surface area contributed by atoms with Gasteiger partial charge in [0.05, 0.1) is 33.5 Å². The zero-order valence-corrected chi connectivity index (χ0v) is 42.1. The monoisotopic (exact) mass is 1010 g/mol. The van der Waals surface area contributed by atoms with Crippen molar-refractivity contribution < 1.29 is 0 Å². The third-order valence-electron chi connectivity index (χ3n) is 14.8. The van der Waals surface area contributed by atoms with Gasteiger partial charge in [-0.25, -0.2) is 15.0 Å². The Morgan fingerprint density at radius 2 is 0.737 bits per heavy atom.